The fourth-order valence-electron chi connectivity index (χ4n) is 1.12. The molecule has 2 nitrogen and oxygen atoms in total. The molecule has 1 aliphatic rings. The summed E-state index contributed by atoms with van der Waals surface area (Å²) in [6, 6.07) is 0.860. The molecule has 0 amide bonds. The minimum atomic E-state index is 0.774. The van der Waals surface area contributed by atoms with Gasteiger partial charge in [-0.25, -0.2) is 0 Å². The molecule has 0 aromatic heterocycles. The zero-order valence-corrected chi connectivity index (χ0v) is 7.69. The van der Waals surface area contributed by atoms with Crippen LogP contribution in [0.3, 0.4) is 0 Å². The van der Waals surface area contributed by atoms with Crippen molar-refractivity contribution in [1.29, 1.82) is 0 Å². The predicted octanol–water partition coefficient (Wildman–Crippen LogP) is 0.984. The normalized spacial score (nSPS) is 20.2. The predicted molar refractivity (Wildman–Crippen MR) is 48.7 cm³/mol. The van der Waals surface area contributed by atoms with Crippen molar-refractivity contribution >= 4 is 0 Å². The number of hydrogen-bond acceptors (Lipinski definition) is 2. The van der Waals surface area contributed by atoms with Gasteiger partial charge in [-0.2, -0.15) is 0 Å². The van der Waals surface area contributed by atoms with Crippen LogP contribution >= 0.6 is 0 Å². The maximum Gasteiger partial charge on any atom is 0.00683 e. The standard InChI is InChI=1S/C9H20N2/c1-3-10-6-8(2)7-11-9-4-5-9/h8-11H,3-7H2,1-2H3. The first-order valence-electron chi connectivity index (χ1n) is 4.77. The van der Waals surface area contributed by atoms with Crippen molar-refractivity contribution in [2.75, 3.05) is 19.6 Å². The van der Waals surface area contributed by atoms with Crippen LogP contribution < -0.4 is 10.6 Å². The molecule has 0 aromatic rings. The van der Waals surface area contributed by atoms with E-state index in [0.29, 0.717) is 0 Å². The molecule has 0 heterocycles. The summed E-state index contributed by atoms with van der Waals surface area (Å²) in [7, 11) is 0. The topological polar surface area (TPSA) is 24.1 Å². The number of hydrogen-bond donors (Lipinski definition) is 2. The average molecular weight is 156 g/mol. The Hall–Kier alpha value is -0.0800. The Balaban J connectivity index is 1.87. The minimum absolute atomic E-state index is 0.774. The van der Waals surface area contributed by atoms with Crippen molar-refractivity contribution in [3.63, 3.8) is 0 Å². The highest BCUT2D eigenvalue weighted by Gasteiger charge is 2.20. The highest BCUT2D eigenvalue weighted by Crippen LogP contribution is 2.18. The Morgan fingerprint density at radius 2 is 2.09 bits per heavy atom. The smallest absolute Gasteiger partial charge is 0.00683 e. The van der Waals surface area contributed by atoms with Gasteiger partial charge in [-0.05, 0) is 38.4 Å². The Morgan fingerprint density at radius 1 is 1.36 bits per heavy atom. The lowest BCUT2D eigenvalue weighted by molar-refractivity contribution is 0.478. The van der Waals surface area contributed by atoms with E-state index in [4.69, 9.17) is 0 Å². The molecule has 0 bridgehead atoms. The Morgan fingerprint density at radius 3 is 2.64 bits per heavy atom. The van der Waals surface area contributed by atoms with Gasteiger partial charge in [-0.1, -0.05) is 13.8 Å². The molecule has 2 heteroatoms. The summed E-state index contributed by atoms with van der Waals surface area (Å²) in [6.07, 6.45) is 2.79. The summed E-state index contributed by atoms with van der Waals surface area (Å²) in [5.74, 6) is 0.774. The molecule has 1 aliphatic carbocycles. The van der Waals surface area contributed by atoms with Crippen LogP contribution in [0.1, 0.15) is 26.7 Å². The first kappa shape index (κ1) is 9.01. The molecule has 1 atom stereocenters. The van der Waals surface area contributed by atoms with Crippen LogP contribution in [-0.2, 0) is 0 Å². The van der Waals surface area contributed by atoms with Crippen LogP contribution in [0.25, 0.3) is 0 Å². The zero-order valence-electron chi connectivity index (χ0n) is 7.69. The molecule has 1 rings (SSSR count). The first-order chi connectivity index (χ1) is 5.33. The zero-order chi connectivity index (χ0) is 8.10. The van der Waals surface area contributed by atoms with E-state index in [1.54, 1.807) is 0 Å². The fraction of sp³-hybridized carbons (Fsp3) is 1.00. The first-order valence-corrected chi connectivity index (χ1v) is 4.77. The minimum Gasteiger partial charge on any atom is -0.317 e. The summed E-state index contributed by atoms with van der Waals surface area (Å²) in [5, 5.41) is 6.88. The molecule has 1 unspecified atom stereocenters. The molecule has 11 heavy (non-hydrogen) atoms. The van der Waals surface area contributed by atoms with Crippen molar-refractivity contribution in [2.24, 2.45) is 5.92 Å². The van der Waals surface area contributed by atoms with E-state index in [1.807, 2.05) is 0 Å². The quantitative estimate of drug-likeness (QED) is 0.599. The summed E-state index contributed by atoms with van der Waals surface area (Å²) in [4.78, 5) is 0. The van der Waals surface area contributed by atoms with Gasteiger partial charge in [0.2, 0.25) is 0 Å². The van der Waals surface area contributed by atoms with Crippen molar-refractivity contribution in [1.82, 2.24) is 10.6 Å². The fourth-order valence-corrected chi connectivity index (χ4v) is 1.12. The highest BCUT2D eigenvalue weighted by atomic mass is 15.0. The van der Waals surface area contributed by atoms with Crippen LogP contribution in [0.5, 0.6) is 0 Å². The van der Waals surface area contributed by atoms with Crippen molar-refractivity contribution in [3.05, 3.63) is 0 Å². The van der Waals surface area contributed by atoms with Crippen LogP contribution in [0.4, 0.5) is 0 Å². The van der Waals surface area contributed by atoms with E-state index >= 15 is 0 Å². The average Bonchev–Trinajstić information content (AvgIpc) is 2.80. The van der Waals surface area contributed by atoms with Gasteiger partial charge >= 0.3 is 0 Å². The lowest BCUT2D eigenvalue weighted by atomic mass is 10.2. The summed E-state index contributed by atoms with van der Waals surface area (Å²) < 4.78 is 0. The largest absolute Gasteiger partial charge is 0.317 e. The summed E-state index contributed by atoms with van der Waals surface area (Å²) >= 11 is 0. The van der Waals surface area contributed by atoms with Gasteiger partial charge in [0.25, 0.3) is 0 Å². The molecule has 0 radical (unpaired) electrons. The monoisotopic (exact) mass is 156 g/mol. The van der Waals surface area contributed by atoms with Crippen molar-refractivity contribution < 1.29 is 0 Å². The second kappa shape index (κ2) is 4.73. The third-order valence-electron chi connectivity index (χ3n) is 2.08. The maximum absolute atomic E-state index is 3.53. The Kier molecular flexibility index (Phi) is 3.87. The second-order valence-corrected chi connectivity index (χ2v) is 3.60. The van der Waals surface area contributed by atoms with Crippen molar-refractivity contribution in [3.8, 4) is 0 Å². The Bertz CT molecular complexity index is 99.7. The number of nitrogens with one attached hydrogen (secondary N) is 2. The molecular formula is C9H20N2. The van der Waals surface area contributed by atoms with Gasteiger partial charge in [0.1, 0.15) is 0 Å². The van der Waals surface area contributed by atoms with Crippen molar-refractivity contribution in [2.45, 2.75) is 32.7 Å². The highest BCUT2D eigenvalue weighted by molar-refractivity contribution is 4.81. The number of rotatable bonds is 6. The molecule has 0 saturated heterocycles. The SMILES string of the molecule is CCNCC(C)CNC1CC1. The Labute approximate surface area is 69.8 Å². The molecule has 1 saturated carbocycles. The summed E-state index contributed by atoms with van der Waals surface area (Å²) in [6.45, 7) is 7.86. The van der Waals surface area contributed by atoms with E-state index in [1.165, 1.54) is 19.4 Å². The van der Waals surface area contributed by atoms with Gasteiger partial charge < -0.3 is 10.6 Å². The molecule has 0 aliphatic heterocycles. The molecule has 0 spiro atoms. The molecule has 66 valence electrons. The van der Waals surface area contributed by atoms with E-state index in [-0.39, 0.29) is 0 Å². The van der Waals surface area contributed by atoms with Gasteiger partial charge in [-0.15, -0.1) is 0 Å². The molecule has 2 N–H and O–H groups in total. The summed E-state index contributed by atoms with van der Waals surface area (Å²) in [5.41, 5.74) is 0. The van der Waals surface area contributed by atoms with Crippen LogP contribution in [0.15, 0.2) is 0 Å². The third-order valence-corrected chi connectivity index (χ3v) is 2.08. The van der Waals surface area contributed by atoms with Gasteiger partial charge in [-0.3, -0.25) is 0 Å². The molecular weight excluding hydrogens is 136 g/mol. The lowest BCUT2D eigenvalue weighted by Crippen LogP contribution is -2.30. The maximum atomic E-state index is 3.53. The van der Waals surface area contributed by atoms with Crippen LogP contribution in [0, 0.1) is 5.92 Å². The van der Waals surface area contributed by atoms with E-state index in [2.05, 4.69) is 24.5 Å². The molecule has 1 fully saturated rings. The lowest BCUT2D eigenvalue weighted by Gasteiger charge is -2.11. The van der Waals surface area contributed by atoms with E-state index in [0.717, 1.165) is 25.0 Å². The van der Waals surface area contributed by atoms with Crippen LogP contribution in [0.2, 0.25) is 0 Å². The second-order valence-electron chi connectivity index (χ2n) is 3.60. The van der Waals surface area contributed by atoms with Crippen LogP contribution in [-0.4, -0.2) is 25.7 Å². The van der Waals surface area contributed by atoms with Gasteiger partial charge in [0.05, 0.1) is 0 Å². The molecule has 0 aromatic carbocycles. The van der Waals surface area contributed by atoms with E-state index < -0.39 is 0 Å². The van der Waals surface area contributed by atoms with Gasteiger partial charge in [0.15, 0.2) is 0 Å². The van der Waals surface area contributed by atoms with Gasteiger partial charge in [0, 0.05) is 6.04 Å². The third kappa shape index (κ3) is 4.38. The van der Waals surface area contributed by atoms with E-state index in [9.17, 15) is 0 Å².